The topological polar surface area (TPSA) is 84.6 Å². The van der Waals surface area contributed by atoms with Gasteiger partial charge in [-0.15, -0.1) is 0 Å². The van der Waals surface area contributed by atoms with Gasteiger partial charge in [-0.1, -0.05) is 44.2 Å². The zero-order valence-electron chi connectivity index (χ0n) is 23.8. The van der Waals surface area contributed by atoms with Crippen LogP contribution >= 0.6 is 0 Å². The molecule has 1 aromatic heterocycles. The van der Waals surface area contributed by atoms with E-state index >= 15 is 0 Å². The molecule has 1 fully saturated rings. The number of likely N-dealkylation sites (tertiary alicyclic amines) is 1. The van der Waals surface area contributed by atoms with Gasteiger partial charge >= 0.3 is 0 Å². The highest BCUT2D eigenvalue weighted by molar-refractivity contribution is 5.76. The second kappa shape index (κ2) is 11.5. The molecule has 2 aromatic carbocycles. The van der Waals surface area contributed by atoms with Crippen LogP contribution in [0.5, 0.6) is 5.75 Å². The smallest absolute Gasteiger partial charge is 0.231 e. The van der Waals surface area contributed by atoms with Crippen LogP contribution in [-0.2, 0) is 11.4 Å². The number of amides is 1. The Labute approximate surface area is 227 Å². The highest BCUT2D eigenvalue weighted by Gasteiger charge is 2.30. The van der Waals surface area contributed by atoms with Crippen molar-refractivity contribution in [2.45, 2.75) is 66.5 Å². The summed E-state index contributed by atoms with van der Waals surface area (Å²) >= 11 is 0. The van der Waals surface area contributed by atoms with Gasteiger partial charge in [0.25, 0.3) is 0 Å². The third-order valence-electron chi connectivity index (χ3n) is 7.66. The van der Waals surface area contributed by atoms with Crippen LogP contribution < -0.4 is 15.4 Å². The van der Waals surface area contributed by atoms with Crippen molar-refractivity contribution >= 4 is 11.7 Å². The number of hydrogen-bond acceptors (Lipinski definition) is 6. The van der Waals surface area contributed by atoms with Crippen molar-refractivity contribution in [3.05, 3.63) is 69.9 Å². The van der Waals surface area contributed by atoms with Gasteiger partial charge in [0, 0.05) is 31.7 Å². The maximum Gasteiger partial charge on any atom is 0.231 e. The van der Waals surface area contributed by atoms with E-state index in [1.165, 1.54) is 5.56 Å². The second-order valence-corrected chi connectivity index (χ2v) is 10.9. The number of benzene rings is 2. The van der Waals surface area contributed by atoms with Gasteiger partial charge in [0.15, 0.2) is 5.82 Å². The van der Waals surface area contributed by atoms with Crippen molar-refractivity contribution in [1.29, 1.82) is 0 Å². The van der Waals surface area contributed by atoms with Crippen LogP contribution in [0.15, 0.2) is 36.4 Å². The average molecular weight is 516 g/mol. The van der Waals surface area contributed by atoms with Crippen molar-refractivity contribution in [3.63, 3.8) is 0 Å². The van der Waals surface area contributed by atoms with Crippen LogP contribution in [0.3, 0.4) is 0 Å². The monoisotopic (exact) mass is 515 g/mol. The SMILES string of the molecule is Cc1ccc(C(C)C)cc1OCc1c(C)nc(-c2c(C)cccc2C)nc1N(C)[C@H]1CCN(CC(N)=O)C1. The van der Waals surface area contributed by atoms with E-state index in [9.17, 15) is 4.79 Å². The Kier molecular flexibility index (Phi) is 8.36. The van der Waals surface area contributed by atoms with Gasteiger partial charge in [0.2, 0.25) is 5.91 Å². The van der Waals surface area contributed by atoms with Crippen molar-refractivity contribution in [2.24, 2.45) is 5.73 Å². The van der Waals surface area contributed by atoms with Gasteiger partial charge in [-0.25, -0.2) is 9.97 Å². The molecule has 0 aliphatic carbocycles. The fraction of sp³-hybridized carbons (Fsp3) is 0.452. The molecule has 2 N–H and O–H groups in total. The molecule has 0 bridgehead atoms. The first-order valence-electron chi connectivity index (χ1n) is 13.5. The number of hydrogen-bond donors (Lipinski definition) is 1. The van der Waals surface area contributed by atoms with E-state index in [2.05, 4.69) is 87.9 Å². The Hall–Kier alpha value is -3.45. The number of primary amides is 1. The molecule has 0 saturated carbocycles. The molecule has 1 atom stereocenters. The van der Waals surface area contributed by atoms with E-state index in [4.69, 9.17) is 20.4 Å². The third kappa shape index (κ3) is 5.99. The van der Waals surface area contributed by atoms with Gasteiger partial charge < -0.3 is 15.4 Å². The molecule has 7 nitrogen and oxygen atoms in total. The fourth-order valence-electron chi connectivity index (χ4n) is 5.27. The number of likely N-dealkylation sites (N-methyl/N-ethyl adjacent to an activating group) is 1. The summed E-state index contributed by atoms with van der Waals surface area (Å²) in [5, 5.41) is 0. The van der Waals surface area contributed by atoms with E-state index in [1.54, 1.807) is 0 Å². The van der Waals surface area contributed by atoms with E-state index in [1.807, 2.05) is 6.92 Å². The maximum atomic E-state index is 11.5. The summed E-state index contributed by atoms with van der Waals surface area (Å²) in [7, 11) is 2.09. The van der Waals surface area contributed by atoms with Crippen molar-refractivity contribution in [2.75, 3.05) is 31.6 Å². The number of aryl methyl sites for hydroxylation is 4. The highest BCUT2D eigenvalue weighted by Crippen LogP contribution is 2.32. The van der Waals surface area contributed by atoms with Gasteiger partial charge in [0.05, 0.1) is 17.8 Å². The molecule has 0 unspecified atom stereocenters. The summed E-state index contributed by atoms with van der Waals surface area (Å²) in [5.41, 5.74) is 13.1. The Bertz CT molecular complexity index is 1300. The summed E-state index contributed by atoms with van der Waals surface area (Å²) in [6.45, 7) is 14.9. The summed E-state index contributed by atoms with van der Waals surface area (Å²) in [4.78, 5) is 26.0. The quantitative estimate of drug-likeness (QED) is 0.428. The lowest BCUT2D eigenvalue weighted by Gasteiger charge is -2.29. The molecule has 7 heteroatoms. The molecule has 1 aliphatic rings. The molecular weight excluding hydrogens is 474 g/mol. The minimum absolute atomic E-state index is 0.208. The first kappa shape index (κ1) is 27.6. The Balaban J connectivity index is 1.72. The predicted octanol–water partition coefficient (Wildman–Crippen LogP) is 5.08. The molecular formula is C31H41N5O2. The summed E-state index contributed by atoms with van der Waals surface area (Å²) in [5.74, 6) is 2.62. The van der Waals surface area contributed by atoms with E-state index in [-0.39, 0.29) is 18.5 Å². The summed E-state index contributed by atoms with van der Waals surface area (Å²) < 4.78 is 6.44. The number of carbonyl (C=O) groups excluding carboxylic acids is 1. The highest BCUT2D eigenvalue weighted by atomic mass is 16.5. The number of nitrogens with zero attached hydrogens (tertiary/aromatic N) is 4. The lowest BCUT2D eigenvalue weighted by molar-refractivity contribution is -0.118. The molecule has 3 aromatic rings. The zero-order chi connectivity index (χ0) is 27.6. The summed E-state index contributed by atoms with van der Waals surface area (Å²) in [6, 6.07) is 12.9. The number of anilines is 1. The largest absolute Gasteiger partial charge is 0.488 e. The van der Waals surface area contributed by atoms with E-state index in [0.29, 0.717) is 12.5 Å². The Morgan fingerprint density at radius 3 is 2.47 bits per heavy atom. The normalized spacial score (nSPS) is 15.7. The molecule has 4 rings (SSSR count). The van der Waals surface area contributed by atoms with Crippen molar-refractivity contribution < 1.29 is 9.53 Å². The van der Waals surface area contributed by atoms with Crippen LogP contribution in [0.2, 0.25) is 0 Å². The number of rotatable bonds is 9. The Morgan fingerprint density at radius 1 is 1.11 bits per heavy atom. The van der Waals surface area contributed by atoms with Crippen LogP contribution in [0.1, 0.15) is 59.7 Å². The minimum atomic E-state index is -0.295. The molecule has 1 aliphatic heterocycles. The van der Waals surface area contributed by atoms with Crippen LogP contribution in [0, 0.1) is 27.7 Å². The average Bonchev–Trinajstić information content (AvgIpc) is 3.31. The minimum Gasteiger partial charge on any atom is -0.488 e. The first-order valence-corrected chi connectivity index (χ1v) is 13.5. The molecule has 38 heavy (non-hydrogen) atoms. The molecule has 1 amide bonds. The van der Waals surface area contributed by atoms with E-state index in [0.717, 1.165) is 70.4 Å². The van der Waals surface area contributed by atoms with Gasteiger partial charge in [0.1, 0.15) is 18.2 Å². The van der Waals surface area contributed by atoms with Crippen molar-refractivity contribution in [3.8, 4) is 17.1 Å². The lowest BCUT2D eigenvalue weighted by Crippen LogP contribution is -2.38. The van der Waals surface area contributed by atoms with Crippen LogP contribution in [0.4, 0.5) is 5.82 Å². The molecule has 2 heterocycles. The molecule has 202 valence electrons. The molecule has 0 radical (unpaired) electrons. The standard InChI is InChI=1S/C31H41N5O2/c1-19(2)24-12-11-20(3)27(15-24)38-18-26-23(6)33-30(29-21(4)9-8-10-22(29)5)34-31(26)35(7)25-13-14-36(16-25)17-28(32)37/h8-12,15,19,25H,13-14,16-18H2,1-7H3,(H2,32,37)/t25-/m0/s1. The number of ether oxygens (including phenoxy) is 1. The van der Waals surface area contributed by atoms with Gasteiger partial charge in [-0.05, 0) is 68.4 Å². The zero-order valence-corrected chi connectivity index (χ0v) is 23.8. The fourth-order valence-corrected chi connectivity index (χ4v) is 5.27. The maximum absolute atomic E-state index is 11.5. The van der Waals surface area contributed by atoms with Crippen LogP contribution in [-0.4, -0.2) is 53.5 Å². The number of aromatic nitrogens is 2. The van der Waals surface area contributed by atoms with Gasteiger partial charge in [-0.3, -0.25) is 9.69 Å². The van der Waals surface area contributed by atoms with E-state index < -0.39 is 0 Å². The molecule has 0 spiro atoms. The predicted molar refractivity (Wildman–Crippen MR) is 154 cm³/mol. The number of carbonyl (C=O) groups is 1. The summed E-state index contributed by atoms with van der Waals surface area (Å²) in [6.07, 6.45) is 0.932. The lowest BCUT2D eigenvalue weighted by atomic mass is 10.0. The second-order valence-electron chi connectivity index (χ2n) is 10.9. The molecule has 1 saturated heterocycles. The van der Waals surface area contributed by atoms with Crippen LogP contribution in [0.25, 0.3) is 11.4 Å². The first-order chi connectivity index (χ1) is 18.0. The number of nitrogens with two attached hydrogens (primary N) is 1. The third-order valence-corrected chi connectivity index (χ3v) is 7.66. The van der Waals surface area contributed by atoms with Gasteiger partial charge in [-0.2, -0.15) is 0 Å². The Morgan fingerprint density at radius 2 is 1.82 bits per heavy atom. The van der Waals surface area contributed by atoms with Crippen molar-refractivity contribution in [1.82, 2.24) is 14.9 Å².